The number of hydrogen-bond donors (Lipinski definition) is 1. The highest BCUT2D eigenvalue weighted by molar-refractivity contribution is 6.28. The quantitative estimate of drug-likeness (QED) is 0.525. The van der Waals surface area contributed by atoms with Gasteiger partial charge < -0.3 is 5.73 Å². The Kier molecular flexibility index (Phi) is 3.01. The van der Waals surface area contributed by atoms with E-state index in [0.29, 0.717) is 0 Å². The first-order valence-electron chi connectivity index (χ1n) is 2.21. The third kappa shape index (κ3) is 2.32. The van der Waals surface area contributed by atoms with Crippen molar-refractivity contribution in [3.05, 3.63) is 0 Å². The Hall–Kier alpha value is -0.770. The van der Waals surface area contributed by atoms with E-state index < -0.39 is 11.9 Å². The maximum Gasteiger partial charge on any atom is 0.321 e. The van der Waals surface area contributed by atoms with Crippen molar-refractivity contribution in [2.75, 3.05) is 12.9 Å². The smallest absolute Gasteiger partial charge is 0.321 e. The minimum atomic E-state index is -0.791. The van der Waals surface area contributed by atoms with E-state index in [-0.39, 0.29) is 5.88 Å². The van der Waals surface area contributed by atoms with Crippen LogP contribution in [0.15, 0.2) is 0 Å². The zero-order valence-corrected chi connectivity index (χ0v) is 5.68. The van der Waals surface area contributed by atoms with Crippen molar-refractivity contribution in [1.82, 2.24) is 4.90 Å². The van der Waals surface area contributed by atoms with Crippen LogP contribution in [0.1, 0.15) is 0 Å². The molecule has 0 atom stereocenters. The summed E-state index contributed by atoms with van der Waals surface area (Å²) < 4.78 is 0. The highest BCUT2D eigenvalue weighted by Gasteiger charge is 2.10. The predicted octanol–water partition coefficient (Wildman–Crippen LogP) is -0.238. The Morgan fingerprint density at radius 1 is 1.67 bits per heavy atom. The van der Waals surface area contributed by atoms with Gasteiger partial charge in [-0.3, -0.25) is 9.69 Å². The molecule has 2 N–H and O–H groups in total. The van der Waals surface area contributed by atoms with E-state index in [0.717, 1.165) is 4.90 Å². The van der Waals surface area contributed by atoms with Gasteiger partial charge in [-0.2, -0.15) is 0 Å². The summed E-state index contributed by atoms with van der Waals surface area (Å²) in [6.45, 7) is 0. The number of halogens is 1. The van der Waals surface area contributed by atoms with Crippen molar-refractivity contribution < 1.29 is 9.59 Å². The summed E-state index contributed by atoms with van der Waals surface area (Å²) in [5.74, 6) is -0.719. The zero-order chi connectivity index (χ0) is 7.44. The highest BCUT2D eigenvalue weighted by Crippen LogP contribution is 1.85. The largest absolute Gasteiger partial charge is 0.351 e. The number of carbonyl (C=O) groups excluding carboxylic acids is 2. The molecular weight excluding hydrogens is 144 g/mol. The molecule has 0 fully saturated rings. The second-order valence-corrected chi connectivity index (χ2v) is 1.69. The van der Waals surface area contributed by atoms with Gasteiger partial charge in [0.1, 0.15) is 5.88 Å². The average Bonchev–Trinajstić information content (AvgIpc) is 1.84. The molecule has 0 bridgehead atoms. The summed E-state index contributed by atoms with van der Waals surface area (Å²) >= 11 is 5.09. The predicted molar refractivity (Wildman–Crippen MR) is 33.1 cm³/mol. The fraction of sp³-hybridized carbons (Fsp3) is 0.500. The summed E-state index contributed by atoms with van der Waals surface area (Å²) in [4.78, 5) is 21.4. The summed E-state index contributed by atoms with van der Waals surface area (Å²) in [6.07, 6.45) is 0. The number of nitrogens with zero attached hydrogens (tertiary/aromatic N) is 1. The van der Waals surface area contributed by atoms with Gasteiger partial charge in [0.2, 0.25) is 5.91 Å². The summed E-state index contributed by atoms with van der Waals surface area (Å²) in [5.41, 5.74) is 4.72. The van der Waals surface area contributed by atoms with Gasteiger partial charge in [0.15, 0.2) is 0 Å². The van der Waals surface area contributed by atoms with Crippen molar-refractivity contribution in [2.45, 2.75) is 0 Å². The van der Waals surface area contributed by atoms with Crippen LogP contribution in [0.5, 0.6) is 0 Å². The molecule has 0 aromatic carbocycles. The molecule has 0 aliphatic rings. The van der Waals surface area contributed by atoms with Crippen LogP contribution in [0.25, 0.3) is 0 Å². The molecule has 0 saturated heterocycles. The first kappa shape index (κ1) is 8.23. The number of alkyl halides is 1. The number of primary amides is 1. The van der Waals surface area contributed by atoms with Crippen LogP contribution in [0, 0.1) is 0 Å². The van der Waals surface area contributed by atoms with E-state index in [4.69, 9.17) is 17.3 Å². The number of carbonyl (C=O) groups is 2. The topological polar surface area (TPSA) is 63.4 Å². The van der Waals surface area contributed by atoms with Crippen LogP contribution < -0.4 is 5.73 Å². The highest BCUT2D eigenvalue weighted by atomic mass is 35.5. The number of nitrogens with two attached hydrogens (primary N) is 1. The van der Waals surface area contributed by atoms with Gasteiger partial charge >= 0.3 is 6.03 Å². The number of hydrogen-bond acceptors (Lipinski definition) is 2. The van der Waals surface area contributed by atoms with E-state index in [9.17, 15) is 9.59 Å². The molecule has 0 spiro atoms. The molecule has 3 amide bonds. The Balaban J connectivity index is 3.88. The molecule has 0 rings (SSSR count). The third-order valence-electron chi connectivity index (χ3n) is 0.819. The van der Waals surface area contributed by atoms with Crippen LogP contribution in [0.2, 0.25) is 0 Å². The third-order valence-corrected chi connectivity index (χ3v) is 1.05. The molecule has 0 saturated carbocycles. The minimum Gasteiger partial charge on any atom is -0.351 e. The molecule has 0 heterocycles. The molecule has 0 aromatic rings. The molecule has 0 aromatic heterocycles. The first-order valence-corrected chi connectivity index (χ1v) is 2.75. The standard InChI is InChI=1S/C4H7ClN2O2/c1-7(4(6)9)3(8)2-5/h2H2,1H3,(H2,6,9). The zero-order valence-electron chi connectivity index (χ0n) is 4.93. The monoisotopic (exact) mass is 150 g/mol. The number of urea groups is 1. The normalized spacial score (nSPS) is 8.67. The van der Waals surface area contributed by atoms with Crippen molar-refractivity contribution in [1.29, 1.82) is 0 Å². The van der Waals surface area contributed by atoms with Crippen LogP contribution in [0.3, 0.4) is 0 Å². The Morgan fingerprint density at radius 2 is 2.11 bits per heavy atom. The lowest BCUT2D eigenvalue weighted by Crippen LogP contribution is -2.37. The number of rotatable bonds is 1. The maximum atomic E-state index is 10.4. The van der Waals surface area contributed by atoms with Gasteiger partial charge in [0.25, 0.3) is 0 Å². The van der Waals surface area contributed by atoms with Gasteiger partial charge in [-0.25, -0.2) is 4.79 Å². The molecule has 0 unspecified atom stereocenters. The SMILES string of the molecule is CN(C(N)=O)C(=O)CCl. The van der Waals surface area contributed by atoms with Gasteiger partial charge in [-0.15, -0.1) is 11.6 Å². The van der Waals surface area contributed by atoms with Crippen molar-refractivity contribution >= 4 is 23.5 Å². The van der Waals surface area contributed by atoms with Crippen LogP contribution >= 0.6 is 11.6 Å². The average molecular weight is 151 g/mol. The van der Waals surface area contributed by atoms with Crippen LogP contribution in [-0.4, -0.2) is 29.8 Å². The van der Waals surface area contributed by atoms with E-state index >= 15 is 0 Å². The van der Waals surface area contributed by atoms with Crippen molar-refractivity contribution in [2.24, 2.45) is 5.73 Å². The summed E-state index contributed by atoms with van der Waals surface area (Å²) in [5, 5.41) is 0. The second kappa shape index (κ2) is 3.29. The van der Waals surface area contributed by atoms with Gasteiger partial charge in [0.05, 0.1) is 0 Å². The van der Waals surface area contributed by atoms with Gasteiger partial charge in [-0.1, -0.05) is 0 Å². The van der Waals surface area contributed by atoms with E-state index in [2.05, 4.69) is 0 Å². The molecule has 9 heavy (non-hydrogen) atoms. The van der Waals surface area contributed by atoms with E-state index in [1.165, 1.54) is 7.05 Å². The molecular formula is C4H7ClN2O2. The summed E-state index contributed by atoms with van der Waals surface area (Å²) in [7, 11) is 1.27. The van der Waals surface area contributed by atoms with Crippen LogP contribution in [0.4, 0.5) is 4.79 Å². The van der Waals surface area contributed by atoms with Gasteiger partial charge in [-0.05, 0) is 0 Å². The fourth-order valence-corrected chi connectivity index (χ4v) is 0.392. The molecule has 5 heteroatoms. The molecule has 0 radical (unpaired) electrons. The van der Waals surface area contributed by atoms with Crippen molar-refractivity contribution in [3.8, 4) is 0 Å². The molecule has 0 aliphatic heterocycles. The van der Waals surface area contributed by atoms with E-state index in [1.807, 2.05) is 0 Å². The first-order chi connectivity index (χ1) is 4.09. The lowest BCUT2D eigenvalue weighted by atomic mass is 10.6. The summed E-state index contributed by atoms with van der Waals surface area (Å²) in [6, 6.07) is -0.791. The maximum absolute atomic E-state index is 10.4. The number of amides is 3. The van der Waals surface area contributed by atoms with Crippen LogP contribution in [-0.2, 0) is 4.79 Å². The molecule has 0 aliphatic carbocycles. The lowest BCUT2D eigenvalue weighted by molar-refractivity contribution is -0.124. The number of imide groups is 1. The Bertz CT molecular complexity index is 137. The molecule has 4 nitrogen and oxygen atoms in total. The minimum absolute atomic E-state index is 0.223. The molecule has 52 valence electrons. The Morgan fingerprint density at radius 3 is 2.22 bits per heavy atom. The van der Waals surface area contributed by atoms with Gasteiger partial charge in [0, 0.05) is 7.05 Å². The van der Waals surface area contributed by atoms with E-state index in [1.54, 1.807) is 0 Å². The van der Waals surface area contributed by atoms with Crippen molar-refractivity contribution in [3.63, 3.8) is 0 Å². The fourth-order valence-electron chi connectivity index (χ4n) is 0.213. The lowest BCUT2D eigenvalue weighted by Gasteiger charge is -2.08. The Labute approximate surface area is 57.6 Å². The second-order valence-electron chi connectivity index (χ2n) is 1.42.